The number of esters is 1. The lowest BCUT2D eigenvalue weighted by Gasteiger charge is -2.23. The van der Waals surface area contributed by atoms with Crippen LogP contribution < -0.4 is 10.2 Å². The van der Waals surface area contributed by atoms with Crippen molar-refractivity contribution in [3.63, 3.8) is 0 Å². The first-order valence-electron chi connectivity index (χ1n) is 11.2. The first-order chi connectivity index (χ1) is 16.8. The molecule has 1 aliphatic carbocycles. The summed E-state index contributed by atoms with van der Waals surface area (Å²) in [4.78, 5) is 47.2. The molecule has 4 rings (SSSR count). The molecular weight excluding hydrogens is 468 g/mol. The molecule has 1 aliphatic rings. The Kier molecular flexibility index (Phi) is 7.41. The molecule has 2 aromatic heterocycles. The highest BCUT2D eigenvalue weighted by atomic mass is 35.5. The third kappa shape index (κ3) is 6.22. The quantitative estimate of drug-likeness (QED) is 0.366. The number of hydrogen-bond donors (Lipinski definition) is 1. The second kappa shape index (κ2) is 10.7. The van der Waals surface area contributed by atoms with Crippen molar-refractivity contribution in [2.24, 2.45) is 5.92 Å². The number of amides is 2. The number of ether oxygens (including phenoxy) is 1. The van der Waals surface area contributed by atoms with Crippen LogP contribution >= 0.6 is 11.6 Å². The van der Waals surface area contributed by atoms with E-state index in [-0.39, 0.29) is 18.2 Å². The molecule has 0 atom stereocenters. The van der Waals surface area contributed by atoms with Gasteiger partial charge in [0.2, 0.25) is 11.8 Å². The predicted octanol–water partition coefficient (Wildman–Crippen LogP) is 4.53. The van der Waals surface area contributed by atoms with Crippen molar-refractivity contribution in [1.29, 1.82) is 0 Å². The van der Waals surface area contributed by atoms with Gasteiger partial charge in [-0.2, -0.15) is 0 Å². The number of carbonyl (C=O) groups is 3. The number of carbonyl (C=O) groups excluding carboxylic acids is 3. The van der Waals surface area contributed by atoms with E-state index < -0.39 is 5.97 Å². The first-order valence-corrected chi connectivity index (χ1v) is 11.6. The summed E-state index contributed by atoms with van der Waals surface area (Å²) in [6.07, 6.45) is 5.43. The van der Waals surface area contributed by atoms with Crippen LogP contribution in [0.2, 0.25) is 5.15 Å². The highest BCUT2D eigenvalue weighted by molar-refractivity contribution is 6.29. The van der Waals surface area contributed by atoms with Crippen LogP contribution in [0.25, 0.3) is 11.3 Å². The van der Waals surface area contributed by atoms with Gasteiger partial charge in [-0.1, -0.05) is 23.7 Å². The van der Waals surface area contributed by atoms with Crippen molar-refractivity contribution in [2.75, 3.05) is 23.9 Å². The molecule has 35 heavy (non-hydrogen) atoms. The average Bonchev–Trinajstić information content (AvgIpc) is 3.68. The molecule has 180 valence electrons. The maximum Gasteiger partial charge on any atom is 0.340 e. The van der Waals surface area contributed by atoms with Crippen molar-refractivity contribution < 1.29 is 19.1 Å². The Balaban J connectivity index is 1.52. The molecule has 0 unspecified atom stereocenters. The minimum absolute atomic E-state index is 0.123. The van der Waals surface area contributed by atoms with E-state index in [0.29, 0.717) is 45.8 Å². The van der Waals surface area contributed by atoms with Crippen molar-refractivity contribution in [1.82, 2.24) is 9.97 Å². The van der Waals surface area contributed by atoms with Crippen molar-refractivity contribution in [3.8, 4) is 11.3 Å². The van der Waals surface area contributed by atoms with Gasteiger partial charge in [0.05, 0.1) is 42.4 Å². The number of halogens is 1. The van der Waals surface area contributed by atoms with Gasteiger partial charge in [-0.15, -0.1) is 0 Å². The number of hydrogen-bond acceptors (Lipinski definition) is 6. The topological polar surface area (TPSA) is 101 Å². The monoisotopic (exact) mass is 492 g/mol. The number of nitrogens with one attached hydrogen (secondary N) is 1. The fourth-order valence-corrected chi connectivity index (χ4v) is 3.81. The molecule has 0 spiro atoms. The molecule has 1 saturated carbocycles. The summed E-state index contributed by atoms with van der Waals surface area (Å²) in [6, 6.07) is 12.1. The molecular formula is C26H25ClN4O4. The Morgan fingerprint density at radius 1 is 1.09 bits per heavy atom. The Labute approximate surface area is 208 Å². The fourth-order valence-electron chi connectivity index (χ4n) is 3.70. The zero-order chi connectivity index (χ0) is 24.9. The minimum Gasteiger partial charge on any atom is -0.465 e. The smallest absolute Gasteiger partial charge is 0.340 e. The van der Waals surface area contributed by atoms with Gasteiger partial charge < -0.3 is 15.0 Å². The molecule has 0 saturated heterocycles. The van der Waals surface area contributed by atoms with Crippen molar-refractivity contribution in [2.45, 2.75) is 26.2 Å². The Morgan fingerprint density at radius 2 is 1.89 bits per heavy atom. The van der Waals surface area contributed by atoms with Crippen LogP contribution in [0.5, 0.6) is 0 Å². The van der Waals surface area contributed by atoms with Crippen molar-refractivity contribution in [3.05, 3.63) is 71.1 Å². The molecule has 1 fully saturated rings. The largest absolute Gasteiger partial charge is 0.465 e. The van der Waals surface area contributed by atoms with E-state index in [4.69, 9.17) is 16.3 Å². The van der Waals surface area contributed by atoms with Gasteiger partial charge in [0, 0.05) is 25.2 Å². The molecule has 0 aliphatic heterocycles. The zero-order valence-electron chi connectivity index (χ0n) is 19.5. The number of rotatable bonds is 8. The fraction of sp³-hybridized carbons (Fsp3) is 0.269. The van der Waals surface area contributed by atoms with E-state index in [9.17, 15) is 14.4 Å². The van der Waals surface area contributed by atoms with Gasteiger partial charge in [0.15, 0.2) is 0 Å². The molecule has 1 N–H and O–H groups in total. The van der Waals surface area contributed by atoms with Crippen LogP contribution in [0, 0.1) is 5.92 Å². The lowest BCUT2D eigenvalue weighted by atomic mass is 10.0. The zero-order valence-corrected chi connectivity index (χ0v) is 20.2. The third-order valence-corrected chi connectivity index (χ3v) is 5.93. The highest BCUT2D eigenvalue weighted by Crippen LogP contribution is 2.34. The molecule has 0 radical (unpaired) electrons. The summed E-state index contributed by atoms with van der Waals surface area (Å²) in [5.74, 6) is -0.391. The van der Waals surface area contributed by atoms with E-state index in [0.717, 1.165) is 18.4 Å². The standard InChI is InChI=1S/C26H25ClN4O4/c1-16(32)31(15-17-3-4-17)23-9-6-19(12-21(23)26(34)35-2)22-8-7-20(14-28-22)30-25(33)11-18-5-10-24(27)29-13-18/h5-10,12-14,17H,3-4,11,15H2,1-2H3,(H,30,33). The Morgan fingerprint density at radius 3 is 2.49 bits per heavy atom. The molecule has 2 heterocycles. The molecule has 1 aromatic carbocycles. The average molecular weight is 493 g/mol. The van der Waals surface area contributed by atoms with Crippen LogP contribution in [0.4, 0.5) is 11.4 Å². The summed E-state index contributed by atoms with van der Waals surface area (Å²) in [7, 11) is 1.31. The van der Waals surface area contributed by atoms with E-state index >= 15 is 0 Å². The third-order valence-electron chi connectivity index (χ3n) is 5.71. The summed E-state index contributed by atoms with van der Waals surface area (Å²) in [6.45, 7) is 2.08. The van der Waals surface area contributed by atoms with Crippen LogP contribution in [0.1, 0.15) is 35.7 Å². The highest BCUT2D eigenvalue weighted by Gasteiger charge is 2.29. The number of pyridine rings is 2. The molecule has 2 amide bonds. The first kappa shape index (κ1) is 24.3. The van der Waals surface area contributed by atoms with Gasteiger partial charge >= 0.3 is 5.97 Å². The summed E-state index contributed by atoms with van der Waals surface area (Å²) >= 11 is 5.78. The lowest BCUT2D eigenvalue weighted by Crippen LogP contribution is -2.32. The number of benzene rings is 1. The number of methoxy groups -OCH3 is 1. The predicted molar refractivity (Wildman–Crippen MR) is 133 cm³/mol. The maximum atomic E-state index is 12.6. The summed E-state index contributed by atoms with van der Waals surface area (Å²) < 4.78 is 4.98. The second-order valence-corrected chi connectivity index (χ2v) is 8.83. The van der Waals surface area contributed by atoms with E-state index in [1.807, 2.05) is 6.07 Å². The molecule has 0 bridgehead atoms. The number of nitrogens with zero attached hydrogens (tertiary/aromatic N) is 3. The lowest BCUT2D eigenvalue weighted by molar-refractivity contribution is -0.117. The summed E-state index contributed by atoms with van der Waals surface area (Å²) in [5.41, 5.74) is 3.41. The van der Waals surface area contributed by atoms with E-state index in [2.05, 4.69) is 15.3 Å². The van der Waals surface area contributed by atoms with Crippen LogP contribution in [0.15, 0.2) is 54.9 Å². The summed E-state index contributed by atoms with van der Waals surface area (Å²) in [5, 5.41) is 3.17. The van der Waals surface area contributed by atoms with Crippen LogP contribution in [0.3, 0.4) is 0 Å². The maximum absolute atomic E-state index is 12.6. The minimum atomic E-state index is -0.524. The van der Waals surface area contributed by atoms with Crippen LogP contribution in [-0.2, 0) is 20.7 Å². The van der Waals surface area contributed by atoms with E-state index in [1.54, 1.807) is 53.7 Å². The second-order valence-electron chi connectivity index (χ2n) is 8.44. The van der Waals surface area contributed by atoms with Gasteiger partial charge in [0.25, 0.3) is 0 Å². The van der Waals surface area contributed by atoms with Gasteiger partial charge in [0.1, 0.15) is 5.15 Å². The van der Waals surface area contributed by atoms with Gasteiger partial charge in [-0.25, -0.2) is 9.78 Å². The molecule has 9 heteroatoms. The van der Waals surface area contributed by atoms with E-state index in [1.165, 1.54) is 14.0 Å². The number of anilines is 2. The van der Waals surface area contributed by atoms with Crippen molar-refractivity contribution >= 4 is 40.8 Å². The van der Waals surface area contributed by atoms with Gasteiger partial charge in [-0.3, -0.25) is 14.6 Å². The SMILES string of the molecule is COC(=O)c1cc(-c2ccc(NC(=O)Cc3ccc(Cl)nc3)cn2)ccc1N(CC1CC1)C(C)=O. The Hall–Kier alpha value is -3.78. The Bertz CT molecular complexity index is 1240. The molecule has 3 aromatic rings. The van der Waals surface area contributed by atoms with Crippen LogP contribution in [-0.4, -0.2) is 41.4 Å². The van der Waals surface area contributed by atoms with Gasteiger partial charge in [-0.05, 0) is 54.7 Å². The normalized spacial score (nSPS) is 12.7. The number of aromatic nitrogens is 2. The molecule has 8 nitrogen and oxygen atoms in total.